The zero-order chi connectivity index (χ0) is 19.9. The molecule has 1 saturated carbocycles. The maximum Gasteiger partial charge on any atom is 0.229 e. The molecule has 2 amide bonds. The van der Waals surface area contributed by atoms with Crippen molar-refractivity contribution in [2.45, 2.75) is 32.1 Å². The van der Waals surface area contributed by atoms with Gasteiger partial charge in [0.25, 0.3) is 0 Å². The van der Waals surface area contributed by atoms with E-state index in [9.17, 15) is 9.59 Å². The Balaban J connectivity index is 1.42. The summed E-state index contributed by atoms with van der Waals surface area (Å²) in [5.41, 5.74) is 2.07. The molecule has 0 aliphatic heterocycles. The minimum absolute atomic E-state index is 0.00308. The van der Waals surface area contributed by atoms with Gasteiger partial charge >= 0.3 is 0 Å². The molecular weight excluding hydrogens is 372 g/mol. The number of anilines is 1. The van der Waals surface area contributed by atoms with Crippen molar-refractivity contribution >= 4 is 29.1 Å². The molecule has 0 unspecified atom stereocenters. The molecule has 0 spiro atoms. The van der Waals surface area contributed by atoms with Crippen molar-refractivity contribution in [3.05, 3.63) is 65.2 Å². The Morgan fingerprint density at radius 2 is 1.57 bits per heavy atom. The standard InChI is InChI=1S/C23H27ClN2O2/c1-26(21-5-3-2-4-6-21)23(28)19-11-9-18(10-12-19)22(27)25-16-15-17-7-13-20(24)14-8-17/h2-8,13-14,18-19H,9-12,15-16H2,1H3,(H,25,27). The van der Waals surface area contributed by atoms with Crippen molar-refractivity contribution in [1.29, 1.82) is 0 Å². The largest absolute Gasteiger partial charge is 0.356 e. The second-order valence-corrected chi connectivity index (χ2v) is 7.89. The third kappa shape index (κ3) is 5.35. The van der Waals surface area contributed by atoms with Gasteiger partial charge in [0, 0.05) is 36.1 Å². The van der Waals surface area contributed by atoms with Gasteiger partial charge in [-0.1, -0.05) is 41.9 Å². The lowest BCUT2D eigenvalue weighted by Crippen LogP contribution is -2.38. The van der Waals surface area contributed by atoms with Crippen LogP contribution >= 0.6 is 11.6 Å². The van der Waals surface area contributed by atoms with Gasteiger partial charge in [-0.05, 0) is 61.9 Å². The maximum absolute atomic E-state index is 12.7. The van der Waals surface area contributed by atoms with E-state index in [0.717, 1.165) is 48.4 Å². The van der Waals surface area contributed by atoms with Crippen LogP contribution in [-0.4, -0.2) is 25.4 Å². The average molecular weight is 399 g/mol. The summed E-state index contributed by atoms with van der Waals surface area (Å²) in [6.07, 6.45) is 3.87. The van der Waals surface area contributed by atoms with E-state index in [0.29, 0.717) is 6.54 Å². The van der Waals surface area contributed by atoms with Gasteiger partial charge in [0.2, 0.25) is 11.8 Å². The van der Waals surface area contributed by atoms with Crippen molar-refractivity contribution < 1.29 is 9.59 Å². The third-order valence-corrected chi connectivity index (χ3v) is 5.80. The minimum atomic E-state index is 0.00308. The number of amides is 2. The molecule has 3 rings (SSSR count). The van der Waals surface area contributed by atoms with Crippen molar-refractivity contribution in [3.8, 4) is 0 Å². The van der Waals surface area contributed by atoms with Crippen LogP contribution in [-0.2, 0) is 16.0 Å². The Morgan fingerprint density at radius 3 is 2.21 bits per heavy atom. The summed E-state index contributed by atoms with van der Waals surface area (Å²) < 4.78 is 0. The summed E-state index contributed by atoms with van der Waals surface area (Å²) in [6, 6.07) is 17.4. The quantitative estimate of drug-likeness (QED) is 0.780. The van der Waals surface area contributed by atoms with Crippen LogP contribution in [0.3, 0.4) is 0 Å². The highest BCUT2D eigenvalue weighted by atomic mass is 35.5. The van der Waals surface area contributed by atoms with Crippen molar-refractivity contribution in [1.82, 2.24) is 5.32 Å². The van der Waals surface area contributed by atoms with Crippen LogP contribution in [0.1, 0.15) is 31.2 Å². The number of hydrogen-bond acceptors (Lipinski definition) is 2. The molecule has 1 N–H and O–H groups in total. The van der Waals surface area contributed by atoms with Crippen LogP contribution in [0.15, 0.2) is 54.6 Å². The molecule has 4 nitrogen and oxygen atoms in total. The zero-order valence-corrected chi connectivity index (χ0v) is 17.0. The number of nitrogens with one attached hydrogen (secondary N) is 1. The van der Waals surface area contributed by atoms with E-state index in [1.807, 2.05) is 61.6 Å². The van der Waals surface area contributed by atoms with E-state index in [1.54, 1.807) is 4.90 Å². The molecule has 0 saturated heterocycles. The van der Waals surface area contributed by atoms with E-state index in [-0.39, 0.29) is 23.7 Å². The fourth-order valence-electron chi connectivity index (χ4n) is 3.78. The van der Waals surface area contributed by atoms with E-state index < -0.39 is 0 Å². The molecule has 0 atom stereocenters. The number of benzene rings is 2. The van der Waals surface area contributed by atoms with Gasteiger partial charge in [0.05, 0.1) is 0 Å². The topological polar surface area (TPSA) is 49.4 Å². The Morgan fingerprint density at radius 1 is 0.964 bits per heavy atom. The predicted molar refractivity (Wildman–Crippen MR) is 113 cm³/mol. The number of rotatable bonds is 6. The highest BCUT2D eigenvalue weighted by molar-refractivity contribution is 6.30. The first-order valence-corrected chi connectivity index (χ1v) is 10.3. The molecule has 148 valence electrons. The Hall–Kier alpha value is -2.33. The van der Waals surface area contributed by atoms with Gasteiger partial charge in [-0.25, -0.2) is 0 Å². The molecule has 2 aromatic carbocycles. The lowest BCUT2D eigenvalue weighted by molar-refractivity contribution is -0.129. The lowest BCUT2D eigenvalue weighted by atomic mass is 9.81. The second kappa shape index (κ2) is 9.74. The smallest absolute Gasteiger partial charge is 0.229 e. The predicted octanol–water partition coefficient (Wildman–Crippen LogP) is 4.47. The summed E-state index contributed by atoms with van der Waals surface area (Å²) in [6.45, 7) is 0.621. The summed E-state index contributed by atoms with van der Waals surface area (Å²) in [4.78, 5) is 26.9. The molecule has 5 heteroatoms. The maximum atomic E-state index is 12.7. The van der Waals surface area contributed by atoms with Gasteiger partial charge in [-0.2, -0.15) is 0 Å². The van der Waals surface area contributed by atoms with Crippen molar-refractivity contribution in [3.63, 3.8) is 0 Å². The Kier molecular flexibility index (Phi) is 7.10. The molecule has 0 aromatic heterocycles. The first kappa shape index (κ1) is 20.4. The molecule has 1 fully saturated rings. The first-order chi connectivity index (χ1) is 13.5. The molecule has 0 bridgehead atoms. The van der Waals surface area contributed by atoms with Crippen LogP contribution < -0.4 is 10.2 Å². The van der Waals surface area contributed by atoms with Crippen LogP contribution in [0.2, 0.25) is 5.02 Å². The number of carbonyl (C=O) groups is 2. The van der Waals surface area contributed by atoms with Crippen molar-refractivity contribution in [2.75, 3.05) is 18.5 Å². The van der Waals surface area contributed by atoms with Crippen LogP contribution in [0, 0.1) is 11.8 Å². The Bertz CT molecular complexity index is 784. The number of para-hydroxylation sites is 1. The summed E-state index contributed by atoms with van der Waals surface area (Å²) in [5, 5.41) is 3.76. The molecule has 1 aliphatic rings. The summed E-state index contributed by atoms with van der Waals surface area (Å²) >= 11 is 5.89. The fourth-order valence-corrected chi connectivity index (χ4v) is 3.91. The fraction of sp³-hybridized carbons (Fsp3) is 0.391. The van der Waals surface area contributed by atoms with Crippen molar-refractivity contribution in [2.24, 2.45) is 11.8 Å². The number of nitrogens with zero attached hydrogens (tertiary/aromatic N) is 1. The third-order valence-electron chi connectivity index (χ3n) is 5.55. The number of halogens is 1. The van der Waals surface area contributed by atoms with Gasteiger partial charge < -0.3 is 10.2 Å². The van der Waals surface area contributed by atoms with Gasteiger partial charge in [0.15, 0.2) is 0 Å². The van der Waals surface area contributed by atoms with E-state index in [1.165, 1.54) is 0 Å². The second-order valence-electron chi connectivity index (χ2n) is 7.45. The summed E-state index contributed by atoms with van der Waals surface area (Å²) in [7, 11) is 1.83. The van der Waals surface area contributed by atoms with E-state index >= 15 is 0 Å². The van der Waals surface area contributed by atoms with E-state index in [4.69, 9.17) is 11.6 Å². The first-order valence-electron chi connectivity index (χ1n) is 9.89. The normalized spacial score (nSPS) is 19.1. The molecular formula is C23H27ClN2O2. The Labute approximate surface area is 171 Å². The molecule has 0 radical (unpaired) electrons. The molecule has 0 heterocycles. The molecule has 2 aromatic rings. The molecule has 28 heavy (non-hydrogen) atoms. The minimum Gasteiger partial charge on any atom is -0.356 e. The summed E-state index contributed by atoms with van der Waals surface area (Å²) in [5.74, 6) is 0.267. The lowest BCUT2D eigenvalue weighted by Gasteiger charge is -2.30. The highest BCUT2D eigenvalue weighted by Crippen LogP contribution is 2.31. The van der Waals surface area contributed by atoms with Crippen LogP contribution in [0.4, 0.5) is 5.69 Å². The van der Waals surface area contributed by atoms with Gasteiger partial charge in [-0.3, -0.25) is 9.59 Å². The highest BCUT2D eigenvalue weighted by Gasteiger charge is 2.31. The SMILES string of the molecule is CN(C(=O)C1CCC(C(=O)NCCc2ccc(Cl)cc2)CC1)c1ccccc1. The number of carbonyl (C=O) groups excluding carboxylic acids is 2. The average Bonchev–Trinajstić information content (AvgIpc) is 2.74. The van der Waals surface area contributed by atoms with Crippen LogP contribution in [0.5, 0.6) is 0 Å². The monoisotopic (exact) mass is 398 g/mol. The zero-order valence-electron chi connectivity index (χ0n) is 16.2. The molecule has 1 aliphatic carbocycles. The van der Waals surface area contributed by atoms with Crippen LogP contribution in [0.25, 0.3) is 0 Å². The van der Waals surface area contributed by atoms with E-state index in [2.05, 4.69) is 5.32 Å². The van der Waals surface area contributed by atoms with Gasteiger partial charge in [0.1, 0.15) is 0 Å². The number of hydrogen-bond donors (Lipinski definition) is 1. The van der Waals surface area contributed by atoms with Gasteiger partial charge in [-0.15, -0.1) is 0 Å².